The number of ether oxygens (including phenoxy) is 1. The van der Waals surface area contributed by atoms with E-state index in [-0.39, 0.29) is 5.91 Å². The number of anilines is 1. The zero-order valence-corrected chi connectivity index (χ0v) is 19.2. The number of aryl methyl sites for hydroxylation is 2. The third-order valence-corrected chi connectivity index (χ3v) is 6.77. The van der Waals surface area contributed by atoms with Crippen molar-refractivity contribution in [1.29, 1.82) is 0 Å². The molecular formula is C24H32N2O3S. The molecule has 0 atom stereocenters. The number of carbonyl (C=O) groups excluding carboxylic acids is 2. The highest BCUT2D eigenvalue weighted by molar-refractivity contribution is 7.15. The second-order valence-corrected chi connectivity index (χ2v) is 9.08. The van der Waals surface area contributed by atoms with E-state index in [1.54, 1.807) is 6.92 Å². The number of thiophene rings is 1. The van der Waals surface area contributed by atoms with Crippen molar-refractivity contribution in [3.63, 3.8) is 0 Å². The van der Waals surface area contributed by atoms with E-state index in [1.165, 1.54) is 29.7 Å². The number of likely N-dealkylation sites (tertiary alicyclic amines) is 1. The predicted molar refractivity (Wildman–Crippen MR) is 123 cm³/mol. The highest BCUT2D eigenvalue weighted by atomic mass is 32.1. The first-order valence-electron chi connectivity index (χ1n) is 10.8. The van der Waals surface area contributed by atoms with E-state index >= 15 is 0 Å². The van der Waals surface area contributed by atoms with Gasteiger partial charge in [0.15, 0.2) is 0 Å². The van der Waals surface area contributed by atoms with Gasteiger partial charge in [-0.15, -0.1) is 11.3 Å². The molecule has 1 fully saturated rings. The Morgan fingerprint density at radius 3 is 2.60 bits per heavy atom. The van der Waals surface area contributed by atoms with Crippen LogP contribution in [0.4, 0.5) is 5.00 Å². The maximum absolute atomic E-state index is 12.7. The summed E-state index contributed by atoms with van der Waals surface area (Å²) in [6.07, 6.45) is 2.81. The Hall–Kier alpha value is -2.18. The van der Waals surface area contributed by atoms with Gasteiger partial charge in [-0.3, -0.25) is 4.79 Å². The van der Waals surface area contributed by atoms with Crippen LogP contribution < -0.4 is 5.32 Å². The number of amides is 1. The van der Waals surface area contributed by atoms with Crippen molar-refractivity contribution in [3.8, 4) is 11.1 Å². The van der Waals surface area contributed by atoms with Gasteiger partial charge in [-0.2, -0.15) is 0 Å². The van der Waals surface area contributed by atoms with E-state index in [4.69, 9.17) is 4.74 Å². The molecule has 5 nitrogen and oxygen atoms in total. The SMILES string of the molecule is CCOC(=O)c1c(-c2ccc(C)c(C)c2)csc1NC(=O)CCN1CCC(C)CC1. The molecule has 30 heavy (non-hydrogen) atoms. The van der Waals surface area contributed by atoms with Crippen LogP contribution in [-0.4, -0.2) is 43.0 Å². The summed E-state index contributed by atoms with van der Waals surface area (Å²) in [4.78, 5) is 27.7. The fourth-order valence-electron chi connectivity index (χ4n) is 3.71. The maximum Gasteiger partial charge on any atom is 0.341 e. The molecule has 1 aliphatic rings. The summed E-state index contributed by atoms with van der Waals surface area (Å²) in [5.74, 6) is 0.317. The lowest BCUT2D eigenvalue weighted by molar-refractivity contribution is -0.116. The molecule has 0 aliphatic carbocycles. The number of carbonyl (C=O) groups is 2. The summed E-state index contributed by atoms with van der Waals surface area (Å²) < 4.78 is 5.30. The van der Waals surface area contributed by atoms with Crippen LogP contribution in [-0.2, 0) is 9.53 Å². The second-order valence-electron chi connectivity index (χ2n) is 8.20. The van der Waals surface area contributed by atoms with Crippen molar-refractivity contribution < 1.29 is 14.3 Å². The van der Waals surface area contributed by atoms with Crippen molar-refractivity contribution in [2.45, 2.75) is 47.0 Å². The van der Waals surface area contributed by atoms with Gasteiger partial charge in [0.1, 0.15) is 10.6 Å². The number of esters is 1. The largest absolute Gasteiger partial charge is 0.462 e. The minimum absolute atomic E-state index is 0.0624. The normalized spacial score (nSPS) is 15.2. The zero-order valence-electron chi connectivity index (χ0n) is 18.4. The lowest BCUT2D eigenvalue weighted by atomic mass is 9.99. The van der Waals surface area contributed by atoms with Gasteiger partial charge in [-0.05, 0) is 69.3 Å². The molecule has 1 aliphatic heterocycles. The first-order chi connectivity index (χ1) is 14.4. The number of hydrogen-bond donors (Lipinski definition) is 1. The highest BCUT2D eigenvalue weighted by Gasteiger charge is 2.23. The van der Waals surface area contributed by atoms with Gasteiger partial charge in [0.05, 0.1) is 6.61 Å². The van der Waals surface area contributed by atoms with Gasteiger partial charge in [-0.1, -0.05) is 25.1 Å². The minimum Gasteiger partial charge on any atom is -0.462 e. The number of nitrogens with zero attached hydrogens (tertiary/aromatic N) is 1. The molecule has 0 bridgehead atoms. The lowest BCUT2D eigenvalue weighted by Crippen LogP contribution is -2.35. The smallest absolute Gasteiger partial charge is 0.341 e. The van der Waals surface area contributed by atoms with Crippen LogP contribution in [0, 0.1) is 19.8 Å². The molecule has 0 unspecified atom stereocenters. The molecule has 1 saturated heterocycles. The van der Waals surface area contributed by atoms with Gasteiger partial charge in [0, 0.05) is 23.9 Å². The molecule has 0 saturated carbocycles. The number of piperidine rings is 1. The van der Waals surface area contributed by atoms with E-state index in [0.29, 0.717) is 23.6 Å². The summed E-state index contributed by atoms with van der Waals surface area (Å²) in [7, 11) is 0. The Morgan fingerprint density at radius 2 is 1.93 bits per heavy atom. The number of rotatable bonds is 7. The zero-order chi connectivity index (χ0) is 21.7. The molecule has 2 heterocycles. The van der Waals surface area contributed by atoms with Crippen molar-refractivity contribution >= 4 is 28.2 Å². The molecule has 3 rings (SSSR count). The average molecular weight is 429 g/mol. The van der Waals surface area contributed by atoms with Crippen molar-refractivity contribution in [2.24, 2.45) is 5.92 Å². The number of benzene rings is 1. The van der Waals surface area contributed by atoms with Crippen molar-refractivity contribution in [2.75, 3.05) is 31.6 Å². The molecule has 1 aromatic carbocycles. The van der Waals surface area contributed by atoms with Crippen LogP contribution in [0.5, 0.6) is 0 Å². The van der Waals surface area contributed by atoms with Crippen LogP contribution in [0.25, 0.3) is 11.1 Å². The molecule has 1 aromatic heterocycles. The highest BCUT2D eigenvalue weighted by Crippen LogP contribution is 2.37. The summed E-state index contributed by atoms with van der Waals surface area (Å²) in [6, 6.07) is 6.13. The van der Waals surface area contributed by atoms with Crippen molar-refractivity contribution in [1.82, 2.24) is 4.90 Å². The molecule has 2 aromatic rings. The van der Waals surface area contributed by atoms with Gasteiger partial charge >= 0.3 is 5.97 Å². The van der Waals surface area contributed by atoms with E-state index in [1.807, 2.05) is 11.4 Å². The summed E-state index contributed by atoms with van der Waals surface area (Å²) in [5, 5.41) is 5.46. The molecule has 6 heteroatoms. The lowest BCUT2D eigenvalue weighted by Gasteiger charge is -2.29. The van der Waals surface area contributed by atoms with Crippen LogP contribution >= 0.6 is 11.3 Å². The Labute approximate surface area is 183 Å². The molecule has 0 radical (unpaired) electrons. The van der Waals surface area contributed by atoms with Crippen LogP contribution in [0.2, 0.25) is 0 Å². The van der Waals surface area contributed by atoms with Crippen LogP contribution in [0.1, 0.15) is 54.6 Å². The Balaban J connectivity index is 1.75. The second kappa shape index (κ2) is 10.2. The quantitative estimate of drug-likeness (QED) is 0.611. The van der Waals surface area contributed by atoms with Crippen LogP contribution in [0.3, 0.4) is 0 Å². The third-order valence-electron chi connectivity index (χ3n) is 5.87. The predicted octanol–water partition coefficient (Wildman–Crippen LogP) is 5.27. The average Bonchev–Trinajstić information content (AvgIpc) is 3.13. The topological polar surface area (TPSA) is 58.6 Å². The van der Waals surface area contributed by atoms with E-state index in [2.05, 4.69) is 43.1 Å². The standard InChI is InChI=1S/C24H32N2O3S/c1-5-29-24(28)22-20(19-7-6-17(3)18(4)14-19)15-30-23(22)25-21(27)10-13-26-11-8-16(2)9-12-26/h6-7,14-16H,5,8-13H2,1-4H3,(H,25,27). The fourth-order valence-corrected chi connectivity index (χ4v) is 4.69. The molecule has 1 N–H and O–H groups in total. The Bertz CT molecular complexity index is 898. The Morgan fingerprint density at radius 1 is 1.20 bits per heavy atom. The summed E-state index contributed by atoms with van der Waals surface area (Å²) in [5.41, 5.74) is 4.58. The molecule has 162 valence electrons. The maximum atomic E-state index is 12.7. The van der Waals surface area contributed by atoms with Gasteiger partial charge < -0.3 is 15.0 Å². The van der Waals surface area contributed by atoms with Crippen LogP contribution in [0.15, 0.2) is 23.6 Å². The van der Waals surface area contributed by atoms with Gasteiger partial charge in [-0.25, -0.2) is 4.79 Å². The number of hydrogen-bond acceptors (Lipinski definition) is 5. The minimum atomic E-state index is -0.396. The monoisotopic (exact) mass is 428 g/mol. The Kier molecular flexibility index (Phi) is 7.67. The van der Waals surface area contributed by atoms with Crippen molar-refractivity contribution in [3.05, 3.63) is 40.3 Å². The molecular weight excluding hydrogens is 396 g/mol. The fraction of sp³-hybridized carbons (Fsp3) is 0.500. The molecule has 0 spiro atoms. The summed E-state index contributed by atoms with van der Waals surface area (Å²) >= 11 is 1.38. The first-order valence-corrected chi connectivity index (χ1v) is 11.7. The third kappa shape index (κ3) is 5.49. The summed E-state index contributed by atoms with van der Waals surface area (Å²) in [6.45, 7) is 11.3. The number of nitrogens with one attached hydrogen (secondary N) is 1. The van der Waals surface area contributed by atoms with Gasteiger partial charge in [0.25, 0.3) is 0 Å². The first kappa shape index (κ1) is 22.5. The van der Waals surface area contributed by atoms with E-state index in [0.717, 1.165) is 42.2 Å². The van der Waals surface area contributed by atoms with Gasteiger partial charge in [0.2, 0.25) is 5.91 Å². The van der Waals surface area contributed by atoms with E-state index < -0.39 is 5.97 Å². The molecule has 1 amide bonds. The van der Waals surface area contributed by atoms with E-state index in [9.17, 15) is 9.59 Å².